The number of carbonyl (C=O) groups is 1. The molecule has 1 amide bonds. The van der Waals surface area contributed by atoms with E-state index in [-0.39, 0.29) is 42.6 Å². The molecule has 3 aromatic rings. The number of hydrogen-bond acceptors (Lipinski definition) is 7. The zero-order valence-electron chi connectivity index (χ0n) is 19.1. The highest BCUT2D eigenvalue weighted by Crippen LogP contribution is 2.29. The maximum atomic E-state index is 13.6. The largest absolute Gasteiger partial charge is 0.417 e. The summed E-state index contributed by atoms with van der Waals surface area (Å²) in [6.45, 7) is 4.08. The van der Waals surface area contributed by atoms with Gasteiger partial charge in [0.1, 0.15) is 11.5 Å². The highest BCUT2D eigenvalue weighted by atomic mass is 19.4. The van der Waals surface area contributed by atoms with Gasteiger partial charge in [0, 0.05) is 26.3 Å². The molecule has 1 aliphatic rings. The number of morpholine rings is 1. The summed E-state index contributed by atoms with van der Waals surface area (Å²) in [5.41, 5.74) is -0.426. The molecule has 0 aliphatic carbocycles. The minimum absolute atomic E-state index is 0.0954. The number of anilines is 1. The van der Waals surface area contributed by atoms with Crippen LogP contribution in [0.3, 0.4) is 0 Å². The average molecular weight is 493 g/mol. The third-order valence-electron chi connectivity index (χ3n) is 5.66. The van der Waals surface area contributed by atoms with E-state index in [1.54, 1.807) is 16.5 Å². The van der Waals surface area contributed by atoms with Crippen molar-refractivity contribution in [1.82, 2.24) is 29.4 Å². The molecule has 1 aliphatic heterocycles. The van der Waals surface area contributed by atoms with Crippen molar-refractivity contribution < 1.29 is 27.1 Å². The van der Waals surface area contributed by atoms with Gasteiger partial charge < -0.3 is 19.5 Å². The molecule has 3 aromatic heterocycles. The lowest BCUT2D eigenvalue weighted by atomic mass is 10.1. The Morgan fingerprint density at radius 1 is 1.14 bits per heavy atom. The first-order valence-electron chi connectivity index (χ1n) is 10.8. The molecule has 0 saturated carbocycles. The SMILES string of the molecule is C[C@@H]1CN(C(=O)c2ncn(C)c2-c2ncc(F)cn2)[C@H](CNc2ccc(C(F)(F)F)cn2)[C@H](C)O1. The molecule has 0 spiro atoms. The van der Waals surface area contributed by atoms with Crippen molar-refractivity contribution in [3.05, 3.63) is 54.1 Å². The normalized spacial score (nSPS) is 20.7. The Hall–Kier alpha value is -3.61. The third kappa shape index (κ3) is 5.24. The lowest BCUT2D eigenvalue weighted by Crippen LogP contribution is -2.58. The van der Waals surface area contributed by atoms with E-state index in [0.717, 1.165) is 24.7 Å². The van der Waals surface area contributed by atoms with Crippen LogP contribution < -0.4 is 5.32 Å². The first-order valence-corrected chi connectivity index (χ1v) is 10.8. The Morgan fingerprint density at radius 2 is 1.86 bits per heavy atom. The third-order valence-corrected chi connectivity index (χ3v) is 5.66. The highest BCUT2D eigenvalue weighted by molar-refractivity contribution is 5.98. The predicted molar refractivity (Wildman–Crippen MR) is 117 cm³/mol. The number of hydrogen-bond donors (Lipinski definition) is 1. The second-order valence-electron chi connectivity index (χ2n) is 8.27. The zero-order valence-corrected chi connectivity index (χ0v) is 19.1. The van der Waals surface area contributed by atoms with Crippen LogP contribution >= 0.6 is 0 Å². The van der Waals surface area contributed by atoms with E-state index >= 15 is 0 Å². The smallest absolute Gasteiger partial charge is 0.372 e. The van der Waals surface area contributed by atoms with E-state index in [1.165, 1.54) is 12.4 Å². The molecular weight excluding hydrogens is 470 g/mol. The lowest BCUT2D eigenvalue weighted by Gasteiger charge is -2.42. The lowest BCUT2D eigenvalue weighted by molar-refractivity contribution is -0.137. The van der Waals surface area contributed by atoms with Crippen LogP contribution in [0.25, 0.3) is 11.5 Å². The number of halogens is 4. The number of nitrogens with zero attached hydrogens (tertiary/aromatic N) is 6. The molecule has 0 aromatic carbocycles. The Labute approximate surface area is 198 Å². The van der Waals surface area contributed by atoms with E-state index in [9.17, 15) is 22.4 Å². The van der Waals surface area contributed by atoms with Gasteiger partial charge in [-0.3, -0.25) is 4.79 Å². The number of aromatic nitrogens is 5. The summed E-state index contributed by atoms with van der Waals surface area (Å²) in [6, 6.07) is 1.69. The molecule has 4 heterocycles. The average Bonchev–Trinajstić information content (AvgIpc) is 3.19. The number of amides is 1. The summed E-state index contributed by atoms with van der Waals surface area (Å²) in [5, 5.41) is 2.99. The van der Waals surface area contributed by atoms with Crippen LogP contribution in [0.5, 0.6) is 0 Å². The van der Waals surface area contributed by atoms with Crippen LogP contribution in [-0.2, 0) is 18.0 Å². The van der Waals surface area contributed by atoms with Gasteiger partial charge in [0.15, 0.2) is 17.3 Å². The zero-order chi connectivity index (χ0) is 25.3. The van der Waals surface area contributed by atoms with Gasteiger partial charge >= 0.3 is 6.18 Å². The molecule has 1 fully saturated rings. The van der Waals surface area contributed by atoms with Gasteiger partial charge in [-0.1, -0.05) is 0 Å². The van der Waals surface area contributed by atoms with Crippen molar-refractivity contribution in [2.45, 2.75) is 38.3 Å². The van der Waals surface area contributed by atoms with Crippen LogP contribution in [0.4, 0.5) is 23.4 Å². The van der Waals surface area contributed by atoms with E-state index in [0.29, 0.717) is 5.69 Å². The van der Waals surface area contributed by atoms with Gasteiger partial charge in [-0.15, -0.1) is 0 Å². The Bertz CT molecular complexity index is 1180. The van der Waals surface area contributed by atoms with Crippen molar-refractivity contribution in [2.75, 3.05) is 18.4 Å². The van der Waals surface area contributed by atoms with Gasteiger partial charge in [-0.05, 0) is 26.0 Å². The number of pyridine rings is 1. The monoisotopic (exact) mass is 493 g/mol. The molecule has 1 saturated heterocycles. The molecule has 35 heavy (non-hydrogen) atoms. The van der Waals surface area contributed by atoms with Crippen LogP contribution in [0.1, 0.15) is 29.9 Å². The van der Waals surface area contributed by atoms with Crippen molar-refractivity contribution in [3.8, 4) is 11.5 Å². The standard InChI is InChI=1S/C22H23F4N7O2/c1-12-10-33(21(34)18-19(32(3)11-31-18)20-29-7-15(23)8-30-20)16(13(2)35-12)9-28-17-5-4-14(6-27-17)22(24,25)26/h4-8,11-13,16H,9-10H2,1-3H3,(H,27,28)/t12-,13+,16-/m1/s1. The summed E-state index contributed by atoms with van der Waals surface area (Å²) >= 11 is 0. The minimum Gasteiger partial charge on any atom is -0.372 e. The molecular formula is C22H23F4N7O2. The first kappa shape index (κ1) is 24.5. The van der Waals surface area contributed by atoms with Crippen LogP contribution in [-0.4, -0.2) is 66.6 Å². The highest BCUT2D eigenvalue weighted by Gasteiger charge is 2.38. The molecule has 0 unspecified atom stereocenters. The summed E-state index contributed by atoms with van der Waals surface area (Å²) in [5.74, 6) is -0.632. The fourth-order valence-electron chi connectivity index (χ4n) is 3.97. The Kier molecular flexibility index (Phi) is 6.70. The number of carbonyl (C=O) groups excluding carboxylic acids is 1. The van der Waals surface area contributed by atoms with E-state index in [4.69, 9.17) is 4.74 Å². The summed E-state index contributed by atoms with van der Waals surface area (Å²) in [7, 11) is 1.67. The molecule has 186 valence electrons. The fraction of sp³-hybridized carbons (Fsp3) is 0.409. The molecule has 13 heteroatoms. The molecule has 3 atom stereocenters. The van der Waals surface area contributed by atoms with Gasteiger partial charge in [0.25, 0.3) is 5.91 Å². The quantitative estimate of drug-likeness (QED) is 0.546. The molecule has 0 bridgehead atoms. The molecule has 0 radical (unpaired) electrons. The molecule has 9 nitrogen and oxygen atoms in total. The minimum atomic E-state index is -4.48. The van der Waals surface area contributed by atoms with Crippen molar-refractivity contribution in [2.24, 2.45) is 7.05 Å². The number of imidazole rings is 1. The second-order valence-corrected chi connectivity index (χ2v) is 8.27. The van der Waals surface area contributed by atoms with Gasteiger partial charge in [-0.2, -0.15) is 13.2 Å². The maximum Gasteiger partial charge on any atom is 0.417 e. The van der Waals surface area contributed by atoms with E-state index in [2.05, 4.69) is 25.3 Å². The predicted octanol–water partition coefficient (Wildman–Crippen LogP) is 3.16. The molecule has 4 rings (SSSR count). The molecule has 1 N–H and O–H groups in total. The first-order chi connectivity index (χ1) is 16.5. The number of nitrogens with one attached hydrogen (secondary N) is 1. The van der Waals surface area contributed by atoms with E-state index < -0.39 is 29.5 Å². The van der Waals surface area contributed by atoms with Gasteiger partial charge in [0.2, 0.25) is 0 Å². The van der Waals surface area contributed by atoms with Crippen molar-refractivity contribution in [3.63, 3.8) is 0 Å². The maximum absolute atomic E-state index is 13.6. The fourth-order valence-corrected chi connectivity index (χ4v) is 3.97. The second kappa shape index (κ2) is 9.56. The van der Waals surface area contributed by atoms with Gasteiger partial charge in [-0.25, -0.2) is 24.3 Å². The summed E-state index contributed by atoms with van der Waals surface area (Å²) in [4.78, 5) is 31.3. The number of aryl methyl sites for hydroxylation is 1. The van der Waals surface area contributed by atoms with E-state index in [1.807, 2.05) is 13.8 Å². The summed E-state index contributed by atoms with van der Waals surface area (Å²) in [6.07, 6.45) is -0.926. The Balaban J connectivity index is 1.57. The van der Waals surface area contributed by atoms with Crippen LogP contribution in [0.15, 0.2) is 37.1 Å². The summed E-state index contributed by atoms with van der Waals surface area (Å²) < 4.78 is 59.2. The van der Waals surface area contributed by atoms with Crippen molar-refractivity contribution in [1.29, 1.82) is 0 Å². The number of rotatable bonds is 5. The number of ether oxygens (including phenoxy) is 1. The van der Waals surface area contributed by atoms with Crippen LogP contribution in [0, 0.1) is 5.82 Å². The van der Waals surface area contributed by atoms with Gasteiger partial charge in [0.05, 0.1) is 42.5 Å². The van der Waals surface area contributed by atoms with Crippen LogP contribution in [0.2, 0.25) is 0 Å². The Morgan fingerprint density at radius 3 is 2.49 bits per heavy atom. The topological polar surface area (TPSA) is 98.1 Å². The van der Waals surface area contributed by atoms with Crippen molar-refractivity contribution >= 4 is 11.7 Å². The number of alkyl halides is 3.